The van der Waals surface area contributed by atoms with Gasteiger partial charge < -0.3 is 0 Å². The Bertz CT molecular complexity index is 317. The van der Waals surface area contributed by atoms with Crippen LogP contribution < -0.4 is 4.35 Å². The van der Waals surface area contributed by atoms with Gasteiger partial charge in [0.15, 0.2) is 0 Å². The summed E-state index contributed by atoms with van der Waals surface area (Å²) in [6.45, 7) is 0. The van der Waals surface area contributed by atoms with Crippen LogP contribution in [0.25, 0.3) is 0 Å². The van der Waals surface area contributed by atoms with Gasteiger partial charge >= 0.3 is 84.8 Å². The van der Waals surface area contributed by atoms with Gasteiger partial charge in [0.25, 0.3) is 0 Å². The minimum atomic E-state index is -1.40. The van der Waals surface area contributed by atoms with E-state index in [2.05, 4.69) is 57.3 Å². The average molecular weight is 340 g/mol. The van der Waals surface area contributed by atoms with Gasteiger partial charge in [0.2, 0.25) is 0 Å². The van der Waals surface area contributed by atoms with E-state index in [-0.39, 0.29) is 0 Å². The van der Waals surface area contributed by atoms with E-state index in [0.29, 0.717) is 0 Å². The van der Waals surface area contributed by atoms with Crippen molar-refractivity contribution in [2.45, 2.75) is 17.1 Å². The summed E-state index contributed by atoms with van der Waals surface area (Å²) in [7, 11) is 0. The van der Waals surface area contributed by atoms with Gasteiger partial charge in [0.1, 0.15) is 4.91 Å². The van der Waals surface area contributed by atoms with Crippen LogP contribution in [0.3, 0.4) is 0 Å². The fourth-order valence-electron chi connectivity index (χ4n) is 0.888. The molecule has 0 aromatic heterocycles. The van der Waals surface area contributed by atoms with Crippen molar-refractivity contribution in [3.05, 3.63) is 33.6 Å². The summed E-state index contributed by atoms with van der Waals surface area (Å²) in [6, 6.07) is 8.72. The standard InChI is InChI=1S/C9H13AsBr.H2NO3/c1-10(2,3)8-4-6-9(11)7-5-8;2-1(3)4/h4-7H,1-3H3;(H2,2,3,4)/q2*+1. The van der Waals surface area contributed by atoms with Crippen LogP contribution in [0.1, 0.15) is 0 Å². The second-order valence-corrected chi connectivity index (χ2v) is 14.2. The molecule has 1 rings (SSSR count). The minimum Gasteiger partial charge on any atom is -0.201 e. The molecule has 1 aromatic carbocycles. The van der Waals surface area contributed by atoms with Gasteiger partial charge in [-0.3, -0.25) is 0 Å². The third-order valence-electron chi connectivity index (χ3n) is 1.60. The third kappa shape index (κ3) is 7.39. The molecule has 0 heterocycles. The Morgan fingerprint density at radius 3 is 1.73 bits per heavy atom. The van der Waals surface area contributed by atoms with Crippen molar-refractivity contribution in [3.8, 4) is 0 Å². The number of halogens is 1. The maximum absolute atomic E-state index is 8.47. The van der Waals surface area contributed by atoms with Crippen LogP contribution in [-0.4, -0.2) is 29.1 Å². The van der Waals surface area contributed by atoms with Gasteiger partial charge in [0, 0.05) is 0 Å². The Hall–Kier alpha value is -0.542. The fourth-order valence-corrected chi connectivity index (χ4v) is 3.34. The molecule has 0 aliphatic rings. The van der Waals surface area contributed by atoms with Gasteiger partial charge in [0.05, 0.1) is 0 Å². The van der Waals surface area contributed by atoms with Crippen LogP contribution in [-0.2, 0) is 0 Å². The van der Waals surface area contributed by atoms with Gasteiger partial charge in [-0.05, 0) is 0 Å². The molecule has 0 saturated carbocycles. The molecule has 0 aliphatic carbocycles. The molecule has 0 unspecified atom stereocenters. The zero-order chi connectivity index (χ0) is 12.1. The maximum Gasteiger partial charge on any atom is 0.472 e. The zero-order valence-electron chi connectivity index (χ0n) is 8.88. The van der Waals surface area contributed by atoms with Crippen molar-refractivity contribution >= 4 is 33.8 Å². The number of nitrogens with zero attached hydrogens (tertiary/aromatic N) is 1. The second-order valence-electron chi connectivity index (χ2n) is 3.74. The van der Waals surface area contributed by atoms with E-state index in [0.717, 1.165) is 0 Å². The summed E-state index contributed by atoms with van der Waals surface area (Å²) in [5, 5.41) is 12.5. The SMILES string of the molecule is C[As+](C)(C)c1ccc(Br)cc1.O=[N+](O)O. The van der Waals surface area contributed by atoms with Gasteiger partial charge in [-0.15, -0.1) is 0 Å². The van der Waals surface area contributed by atoms with Crippen molar-refractivity contribution in [2.24, 2.45) is 0 Å². The molecule has 15 heavy (non-hydrogen) atoms. The van der Waals surface area contributed by atoms with Crippen molar-refractivity contribution in [1.82, 2.24) is 0 Å². The van der Waals surface area contributed by atoms with Gasteiger partial charge in [-0.1, -0.05) is 0 Å². The van der Waals surface area contributed by atoms with E-state index in [1.165, 1.54) is 4.47 Å². The summed E-state index contributed by atoms with van der Waals surface area (Å²) < 4.78 is 2.72. The largest absolute Gasteiger partial charge is 0.472 e. The monoisotopic (exact) mass is 339 g/mol. The van der Waals surface area contributed by atoms with E-state index in [4.69, 9.17) is 15.3 Å². The molecule has 84 valence electrons. The van der Waals surface area contributed by atoms with Crippen LogP contribution in [0.5, 0.6) is 0 Å². The normalized spacial score (nSPS) is 10.1. The summed E-state index contributed by atoms with van der Waals surface area (Å²) in [6.07, 6.45) is 0. The predicted molar refractivity (Wildman–Crippen MR) is 64.3 cm³/mol. The first-order chi connectivity index (χ1) is 6.73. The predicted octanol–water partition coefficient (Wildman–Crippen LogP) is 2.54. The molecule has 0 atom stereocenters. The Morgan fingerprint density at radius 1 is 1.13 bits per heavy atom. The number of hydrogen-bond acceptors (Lipinski definition) is 1. The van der Waals surface area contributed by atoms with Crippen LogP contribution in [0, 0.1) is 4.91 Å². The molecular weight excluding hydrogens is 325 g/mol. The molecule has 0 amide bonds. The Labute approximate surface area is 100.0 Å². The second kappa shape index (κ2) is 6.13. The topological polar surface area (TPSA) is 60.5 Å². The van der Waals surface area contributed by atoms with Crippen LogP contribution >= 0.6 is 15.9 Å². The minimum absolute atomic E-state index is 1.17. The first-order valence-corrected chi connectivity index (χ1v) is 11.5. The number of rotatable bonds is 1. The van der Waals surface area contributed by atoms with Crippen LogP contribution in [0.15, 0.2) is 28.7 Å². The summed E-state index contributed by atoms with van der Waals surface area (Å²) in [5.41, 5.74) is 7.17. The van der Waals surface area contributed by atoms with Gasteiger partial charge in [-0.2, -0.15) is 0 Å². The van der Waals surface area contributed by atoms with E-state index in [1.54, 1.807) is 4.35 Å². The quantitative estimate of drug-likeness (QED) is 0.610. The molecule has 0 saturated heterocycles. The Kier molecular flexibility index (Phi) is 5.91. The third-order valence-corrected chi connectivity index (χ3v) is 6.01. The molecule has 0 bridgehead atoms. The summed E-state index contributed by atoms with van der Waals surface area (Å²) >= 11 is 2.04. The molecular formula is C9H15AsBrNO3+2. The van der Waals surface area contributed by atoms with E-state index >= 15 is 0 Å². The number of benzene rings is 1. The van der Waals surface area contributed by atoms with E-state index in [9.17, 15) is 0 Å². The summed E-state index contributed by atoms with van der Waals surface area (Å²) in [4.78, 5) is 8.47. The van der Waals surface area contributed by atoms with Gasteiger partial charge in [-0.25, -0.2) is 10.4 Å². The van der Waals surface area contributed by atoms with E-state index < -0.39 is 18.6 Å². The number of hydrogen-bond donors (Lipinski definition) is 2. The van der Waals surface area contributed by atoms with Crippen molar-refractivity contribution in [1.29, 1.82) is 0 Å². The maximum atomic E-state index is 8.47. The first kappa shape index (κ1) is 14.5. The molecule has 0 aliphatic heterocycles. The summed E-state index contributed by atoms with van der Waals surface area (Å²) in [5.74, 6) is 0. The molecule has 0 fully saturated rings. The van der Waals surface area contributed by atoms with Crippen LogP contribution in [0.4, 0.5) is 0 Å². The average Bonchev–Trinajstić information content (AvgIpc) is 2.01. The fraction of sp³-hybridized carbons (Fsp3) is 0.333. The first-order valence-electron chi connectivity index (χ1n) is 4.16. The van der Waals surface area contributed by atoms with Crippen molar-refractivity contribution in [3.63, 3.8) is 0 Å². The van der Waals surface area contributed by atoms with Crippen LogP contribution in [0.2, 0.25) is 17.1 Å². The van der Waals surface area contributed by atoms with Crippen molar-refractivity contribution in [2.75, 3.05) is 0 Å². The smallest absolute Gasteiger partial charge is 0.201 e. The molecule has 0 spiro atoms. The molecule has 0 radical (unpaired) electrons. The molecule has 6 heteroatoms. The molecule has 4 nitrogen and oxygen atoms in total. The Morgan fingerprint density at radius 2 is 1.47 bits per heavy atom. The molecule has 2 N–H and O–H groups in total. The Balaban J connectivity index is 0.000000423. The molecule has 1 aromatic rings. The van der Waals surface area contributed by atoms with E-state index in [1.807, 2.05) is 0 Å². The zero-order valence-corrected chi connectivity index (χ0v) is 12.3. The van der Waals surface area contributed by atoms with Crippen molar-refractivity contribution < 1.29 is 15.5 Å².